The molecule has 0 aromatic heterocycles. The van der Waals surface area contributed by atoms with Gasteiger partial charge in [-0.3, -0.25) is 9.59 Å². The van der Waals surface area contributed by atoms with Crippen molar-refractivity contribution >= 4 is 17.6 Å². The fourth-order valence-corrected chi connectivity index (χ4v) is 2.71. The molecule has 0 unspecified atom stereocenters. The number of amides is 1. The Labute approximate surface area is 117 Å². The van der Waals surface area contributed by atoms with Gasteiger partial charge < -0.3 is 15.2 Å². The Morgan fingerprint density at radius 3 is 2.50 bits per heavy atom. The normalized spacial score (nSPS) is 22.1. The van der Waals surface area contributed by atoms with Crippen molar-refractivity contribution in [1.82, 2.24) is 0 Å². The van der Waals surface area contributed by atoms with E-state index >= 15 is 0 Å². The SMILES string of the molecule is COc1ccccc1NC(=O)[C@@H]1CCCC[C@H]1C(=O)O. The summed E-state index contributed by atoms with van der Waals surface area (Å²) in [5, 5.41) is 12.0. The van der Waals surface area contributed by atoms with Gasteiger partial charge in [0.15, 0.2) is 0 Å². The zero-order chi connectivity index (χ0) is 14.5. The minimum Gasteiger partial charge on any atom is -0.495 e. The number of carboxylic acid groups (broad SMARTS) is 1. The van der Waals surface area contributed by atoms with E-state index in [1.165, 1.54) is 7.11 Å². The number of carbonyl (C=O) groups excluding carboxylic acids is 1. The molecule has 2 rings (SSSR count). The molecule has 5 heteroatoms. The van der Waals surface area contributed by atoms with Crippen LogP contribution in [-0.4, -0.2) is 24.1 Å². The summed E-state index contributed by atoms with van der Waals surface area (Å²) in [5.41, 5.74) is 0.578. The van der Waals surface area contributed by atoms with Gasteiger partial charge in [-0.1, -0.05) is 25.0 Å². The highest BCUT2D eigenvalue weighted by molar-refractivity contribution is 5.96. The first-order valence-corrected chi connectivity index (χ1v) is 6.80. The number of hydrogen-bond acceptors (Lipinski definition) is 3. The van der Waals surface area contributed by atoms with Crippen LogP contribution in [0.4, 0.5) is 5.69 Å². The Morgan fingerprint density at radius 2 is 1.85 bits per heavy atom. The van der Waals surface area contributed by atoms with Crippen LogP contribution in [0.25, 0.3) is 0 Å². The summed E-state index contributed by atoms with van der Waals surface area (Å²) in [7, 11) is 1.53. The van der Waals surface area contributed by atoms with Crippen LogP contribution in [0.15, 0.2) is 24.3 Å². The number of rotatable bonds is 4. The van der Waals surface area contributed by atoms with E-state index in [-0.39, 0.29) is 5.91 Å². The van der Waals surface area contributed by atoms with Crippen LogP contribution in [0, 0.1) is 11.8 Å². The number of nitrogens with one attached hydrogen (secondary N) is 1. The topological polar surface area (TPSA) is 75.6 Å². The molecule has 20 heavy (non-hydrogen) atoms. The van der Waals surface area contributed by atoms with Gasteiger partial charge in [0.25, 0.3) is 0 Å². The van der Waals surface area contributed by atoms with Crippen LogP contribution in [0.2, 0.25) is 0 Å². The molecule has 0 bridgehead atoms. The van der Waals surface area contributed by atoms with Crippen LogP contribution in [0.5, 0.6) is 5.75 Å². The Bertz CT molecular complexity index is 500. The lowest BCUT2D eigenvalue weighted by atomic mass is 9.78. The molecule has 0 saturated heterocycles. The molecule has 2 atom stereocenters. The number of hydrogen-bond donors (Lipinski definition) is 2. The van der Waals surface area contributed by atoms with Crippen LogP contribution in [0.1, 0.15) is 25.7 Å². The van der Waals surface area contributed by atoms with E-state index in [0.29, 0.717) is 24.3 Å². The van der Waals surface area contributed by atoms with Gasteiger partial charge in [-0.15, -0.1) is 0 Å². The molecule has 5 nitrogen and oxygen atoms in total. The summed E-state index contributed by atoms with van der Waals surface area (Å²) in [5.74, 6) is -1.60. The quantitative estimate of drug-likeness (QED) is 0.886. The zero-order valence-electron chi connectivity index (χ0n) is 11.5. The van der Waals surface area contributed by atoms with Gasteiger partial charge in [0.1, 0.15) is 5.75 Å². The standard InChI is InChI=1S/C15H19NO4/c1-20-13-9-5-4-8-12(13)16-14(17)10-6-2-3-7-11(10)15(18)19/h4-5,8-11H,2-3,6-7H2,1H3,(H,16,17)(H,18,19)/t10-,11-/m1/s1. The highest BCUT2D eigenvalue weighted by Gasteiger charge is 2.35. The Balaban J connectivity index is 2.12. The van der Waals surface area contributed by atoms with Crippen molar-refractivity contribution in [3.05, 3.63) is 24.3 Å². The predicted octanol–water partition coefficient (Wildman–Crippen LogP) is 2.52. The smallest absolute Gasteiger partial charge is 0.307 e. The average Bonchev–Trinajstić information content (AvgIpc) is 2.47. The van der Waals surface area contributed by atoms with Crippen molar-refractivity contribution in [2.75, 3.05) is 12.4 Å². The van der Waals surface area contributed by atoms with Gasteiger partial charge >= 0.3 is 5.97 Å². The molecule has 1 aromatic rings. The molecule has 1 aromatic carbocycles. The molecule has 1 aliphatic carbocycles. The summed E-state index contributed by atoms with van der Waals surface area (Å²) in [6, 6.07) is 7.11. The average molecular weight is 277 g/mol. The van der Waals surface area contributed by atoms with Gasteiger partial charge in [-0.2, -0.15) is 0 Å². The fraction of sp³-hybridized carbons (Fsp3) is 0.467. The second-order valence-corrected chi connectivity index (χ2v) is 5.03. The number of para-hydroxylation sites is 2. The Morgan fingerprint density at radius 1 is 1.20 bits per heavy atom. The van der Waals surface area contributed by atoms with Gasteiger partial charge in [-0.05, 0) is 25.0 Å². The van der Waals surface area contributed by atoms with E-state index in [2.05, 4.69) is 5.32 Å². The summed E-state index contributed by atoms with van der Waals surface area (Å²) in [6.45, 7) is 0. The van der Waals surface area contributed by atoms with Crippen LogP contribution < -0.4 is 10.1 Å². The number of aliphatic carboxylic acids is 1. The lowest BCUT2D eigenvalue weighted by molar-refractivity contribution is -0.147. The highest BCUT2D eigenvalue weighted by Crippen LogP contribution is 2.32. The molecular formula is C15H19NO4. The van der Waals surface area contributed by atoms with Gasteiger partial charge in [0.05, 0.1) is 24.6 Å². The van der Waals surface area contributed by atoms with Crippen LogP contribution >= 0.6 is 0 Å². The molecular weight excluding hydrogens is 258 g/mol. The summed E-state index contributed by atoms with van der Waals surface area (Å²) in [4.78, 5) is 23.6. The number of anilines is 1. The third-order valence-corrected chi connectivity index (χ3v) is 3.78. The predicted molar refractivity (Wildman–Crippen MR) is 74.7 cm³/mol. The number of methoxy groups -OCH3 is 1. The number of carbonyl (C=O) groups is 2. The Hall–Kier alpha value is -2.04. The van der Waals surface area contributed by atoms with Crippen molar-refractivity contribution < 1.29 is 19.4 Å². The molecule has 1 amide bonds. The Kier molecular flexibility index (Phi) is 4.61. The lowest BCUT2D eigenvalue weighted by Crippen LogP contribution is -2.36. The molecule has 1 saturated carbocycles. The van der Waals surface area contributed by atoms with E-state index in [4.69, 9.17) is 4.74 Å². The van der Waals surface area contributed by atoms with Crippen LogP contribution in [-0.2, 0) is 9.59 Å². The molecule has 2 N–H and O–H groups in total. The van der Waals surface area contributed by atoms with Crippen LogP contribution in [0.3, 0.4) is 0 Å². The van der Waals surface area contributed by atoms with Crippen molar-refractivity contribution in [3.63, 3.8) is 0 Å². The summed E-state index contributed by atoms with van der Waals surface area (Å²) in [6.07, 6.45) is 2.96. The van der Waals surface area contributed by atoms with Crippen molar-refractivity contribution in [1.29, 1.82) is 0 Å². The molecule has 1 aliphatic rings. The minimum absolute atomic E-state index is 0.235. The minimum atomic E-state index is -0.884. The van der Waals surface area contributed by atoms with Crippen molar-refractivity contribution in [2.45, 2.75) is 25.7 Å². The number of carboxylic acids is 1. The van der Waals surface area contributed by atoms with E-state index < -0.39 is 17.8 Å². The molecule has 0 spiro atoms. The molecule has 0 radical (unpaired) electrons. The summed E-state index contributed by atoms with van der Waals surface area (Å²) < 4.78 is 5.18. The third kappa shape index (κ3) is 3.10. The van der Waals surface area contributed by atoms with Gasteiger partial charge in [-0.25, -0.2) is 0 Å². The first-order chi connectivity index (χ1) is 9.63. The molecule has 108 valence electrons. The first kappa shape index (κ1) is 14.4. The maximum atomic E-state index is 12.3. The zero-order valence-corrected chi connectivity index (χ0v) is 11.5. The van der Waals surface area contributed by atoms with Gasteiger partial charge in [0, 0.05) is 0 Å². The van der Waals surface area contributed by atoms with Gasteiger partial charge in [0.2, 0.25) is 5.91 Å². The lowest BCUT2D eigenvalue weighted by Gasteiger charge is -2.27. The van der Waals surface area contributed by atoms with Crippen molar-refractivity contribution in [3.8, 4) is 5.75 Å². The van der Waals surface area contributed by atoms with E-state index in [9.17, 15) is 14.7 Å². The summed E-state index contributed by atoms with van der Waals surface area (Å²) >= 11 is 0. The first-order valence-electron chi connectivity index (χ1n) is 6.80. The number of benzene rings is 1. The maximum absolute atomic E-state index is 12.3. The third-order valence-electron chi connectivity index (χ3n) is 3.78. The van der Waals surface area contributed by atoms with E-state index in [0.717, 1.165) is 12.8 Å². The molecule has 1 fully saturated rings. The largest absolute Gasteiger partial charge is 0.495 e. The fourth-order valence-electron chi connectivity index (χ4n) is 2.71. The van der Waals surface area contributed by atoms with Crippen molar-refractivity contribution in [2.24, 2.45) is 11.8 Å². The van der Waals surface area contributed by atoms with E-state index in [1.807, 2.05) is 6.07 Å². The second kappa shape index (κ2) is 6.41. The molecule has 0 aliphatic heterocycles. The number of ether oxygens (including phenoxy) is 1. The second-order valence-electron chi connectivity index (χ2n) is 5.03. The van der Waals surface area contributed by atoms with E-state index in [1.54, 1.807) is 18.2 Å². The monoisotopic (exact) mass is 277 g/mol. The molecule has 0 heterocycles. The highest BCUT2D eigenvalue weighted by atomic mass is 16.5. The maximum Gasteiger partial charge on any atom is 0.307 e.